The largest absolute Gasteiger partial charge is 0.416 e. The predicted molar refractivity (Wildman–Crippen MR) is 73.9 cm³/mol. The number of nitrogens with two attached hydrogens (primary N) is 1. The van der Waals surface area contributed by atoms with E-state index in [-0.39, 0.29) is 5.91 Å². The van der Waals surface area contributed by atoms with Gasteiger partial charge in [0.25, 0.3) is 0 Å². The molecule has 116 valence electrons. The maximum atomic E-state index is 12.5. The van der Waals surface area contributed by atoms with Crippen molar-refractivity contribution in [3.05, 3.63) is 29.8 Å². The van der Waals surface area contributed by atoms with Gasteiger partial charge in [-0.25, -0.2) is 0 Å². The van der Waals surface area contributed by atoms with Gasteiger partial charge in [0.05, 0.1) is 11.6 Å². The molecule has 0 bridgehead atoms. The van der Waals surface area contributed by atoms with E-state index in [0.29, 0.717) is 26.2 Å². The summed E-state index contributed by atoms with van der Waals surface area (Å²) in [7, 11) is 0. The molecule has 1 amide bonds. The van der Waals surface area contributed by atoms with E-state index in [1.165, 1.54) is 12.1 Å². The summed E-state index contributed by atoms with van der Waals surface area (Å²) in [5.41, 5.74) is 5.64. The predicted octanol–water partition coefficient (Wildman–Crippen LogP) is 1.70. The van der Waals surface area contributed by atoms with E-state index in [9.17, 15) is 18.0 Å². The van der Waals surface area contributed by atoms with Crippen LogP contribution in [0.15, 0.2) is 24.3 Å². The van der Waals surface area contributed by atoms with Gasteiger partial charge in [-0.1, -0.05) is 0 Å². The first-order valence-electron chi connectivity index (χ1n) is 6.75. The second-order valence-corrected chi connectivity index (χ2v) is 5.15. The van der Waals surface area contributed by atoms with E-state index in [0.717, 1.165) is 17.8 Å². The van der Waals surface area contributed by atoms with Crippen LogP contribution in [0, 0.1) is 0 Å². The number of carbonyl (C=O) groups excluding carboxylic acids is 1. The Hall–Kier alpha value is -1.76. The summed E-state index contributed by atoms with van der Waals surface area (Å²) in [6, 6.07) is 4.56. The molecule has 1 aliphatic heterocycles. The third kappa shape index (κ3) is 3.66. The maximum Gasteiger partial charge on any atom is 0.416 e. The van der Waals surface area contributed by atoms with E-state index in [4.69, 9.17) is 5.73 Å². The van der Waals surface area contributed by atoms with E-state index in [1.807, 2.05) is 4.90 Å². The number of anilines is 1. The molecule has 1 aromatic rings. The minimum absolute atomic E-state index is 0.0953. The second-order valence-electron chi connectivity index (χ2n) is 5.15. The molecule has 21 heavy (non-hydrogen) atoms. The Kier molecular flexibility index (Phi) is 4.41. The molecule has 0 spiro atoms. The molecule has 0 unspecified atom stereocenters. The number of alkyl halides is 3. The summed E-state index contributed by atoms with van der Waals surface area (Å²) in [4.78, 5) is 15.4. The molecule has 1 aromatic carbocycles. The highest BCUT2D eigenvalue weighted by Crippen LogP contribution is 2.30. The summed E-state index contributed by atoms with van der Waals surface area (Å²) in [6.45, 7) is 3.88. The molecule has 0 saturated carbocycles. The molecule has 1 atom stereocenters. The number of halogens is 3. The molecular formula is C14H18F3N3O. The smallest absolute Gasteiger partial charge is 0.368 e. The van der Waals surface area contributed by atoms with Crippen LogP contribution in [0.4, 0.5) is 18.9 Å². The number of nitrogens with zero attached hydrogens (tertiary/aromatic N) is 2. The van der Waals surface area contributed by atoms with Crippen molar-refractivity contribution < 1.29 is 18.0 Å². The van der Waals surface area contributed by atoms with Crippen LogP contribution in [-0.2, 0) is 11.0 Å². The highest BCUT2D eigenvalue weighted by molar-refractivity contribution is 5.81. The average molecular weight is 301 g/mol. The Morgan fingerprint density at radius 1 is 1.14 bits per heavy atom. The Morgan fingerprint density at radius 3 is 2.10 bits per heavy atom. The Bertz CT molecular complexity index is 491. The molecule has 0 radical (unpaired) electrons. The first kappa shape index (κ1) is 15.6. The molecule has 1 saturated heterocycles. The Balaban J connectivity index is 1.98. The van der Waals surface area contributed by atoms with E-state index in [1.54, 1.807) is 11.8 Å². The van der Waals surface area contributed by atoms with Gasteiger partial charge in [-0.15, -0.1) is 0 Å². The molecule has 1 fully saturated rings. The van der Waals surface area contributed by atoms with Gasteiger partial charge in [-0.3, -0.25) is 4.79 Å². The van der Waals surface area contributed by atoms with Gasteiger partial charge < -0.3 is 15.5 Å². The lowest BCUT2D eigenvalue weighted by atomic mass is 10.1. The van der Waals surface area contributed by atoms with Crippen molar-refractivity contribution in [1.29, 1.82) is 0 Å². The number of hydrogen-bond acceptors (Lipinski definition) is 3. The average Bonchev–Trinajstić information content (AvgIpc) is 2.46. The number of benzene rings is 1. The molecule has 4 nitrogen and oxygen atoms in total. The fourth-order valence-electron chi connectivity index (χ4n) is 2.33. The SMILES string of the molecule is C[C@@H](N)C(=O)N1CCN(c2ccc(C(F)(F)F)cc2)CC1. The molecule has 0 aromatic heterocycles. The standard InChI is InChI=1S/C14H18F3N3O/c1-10(18)13(21)20-8-6-19(7-9-20)12-4-2-11(3-5-12)14(15,16)17/h2-5,10H,6-9,18H2,1H3/t10-/m1/s1. The monoisotopic (exact) mass is 301 g/mol. The summed E-state index contributed by atoms with van der Waals surface area (Å²) in [5.74, 6) is -0.0953. The number of hydrogen-bond donors (Lipinski definition) is 1. The van der Waals surface area contributed by atoms with Crippen LogP contribution in [0.25, 0.3) is 0 Å². The quantitative estimate of drug-likeness (QED) is 0.904. The Morgan fingerprint density at radius 2 is 1.67 bits per heavy atom. The zero-order chi connectivity index (χ0) is 15.6. The minimum atomic E-state index is -4.32. The van der Waals surface area contributed by atoms with Gasteiger partial charge in [0.1, 0.15) is 0 Å². The van der Waals surface area contributed by atoms with E-state index < -0.39 is 17.8 Å². The highest BCUT2D eigenvalue weighted by atomic mass is 19.4. The van der Waals surface area contributed by atoms with Gasteiger partial charge in [-0.05, 0) is 31.2 Å². The molecule has 1 aliphatic rings. The van der Waals surface area contributed by atoms with Crippen LogP contribution in [0.3, 0.4) is 0 Å². The molecule has 7 heteroatoms. The molecule has 1 heterocycles. The zero-order valence-electron chi connectivity index (χ0n) is 11.7. The van der Waals surface area contributed by atoms with Gasteiger partial charge in [0.15, 0.2) is 0 Å². The maximum absolute atomic E-state index is 12.5. The molecule has 0 aliphatic carbocycles. The van der Waals surface area contributed by atoms with Crippen LogP contribution >= 0.6 is 0 Å². The van der Waals surface area contributed by atoms with Crippen molar-refractivity contribution in [1.82, 2.24) is 4.90 Å². The minimum Gasteiger partial charge on any atom is -0.368 e. The first-order chi connectivity index (χ1) is 9.79. The molecule has 2 N–H and O–H groups in total. The van der Waals surface area contributed by atoms with Crippen molar-refractivity contribution in [2.75, 3.05) is 31.1 Å². The topological polar surface area (TPSA) is 49.6 Å². The van der Waals surface area contributed by atoms with Crippen LogP contribution in [0.1, 0.15) is 12.5 Å². The van der Waals surface area contributed by atoms with Crippen molar-refractivity contribution >= 4 is 11.6 Å². The lowest BCUT2D eigenvalue weighted by Gasteiger charge is -2.36. The Labute approximate surface area is 121 Å². The molecule has 2 rings (SSSR count). The molecular weight excluding hydrogens is 283 g/mol. The number of carbonyl (C=O) groups is 1. The third-order valence-corrected chi connectivity index (χ3v) is 3.54. The lowest BCUT2D eigenvalue weighted by molar-refractivity contribution is -0.137. The first-order valence-corrected chi connectivity index (χ1v) is 6.75. The summed E-state index contributed by atoms with van der Waals surface area (Å²) >= 11 is 0. The number of piperazine rings is 1. The van der Waals surface area contributed by atoms with Crippen LogP contribution in [0.2, 0.25) is 0 Å². The number of amides is 1. The van der Waals surface area contributed by atoms with Crippen molar-refractivity contribution in [3.8, 4) is 0 Å². The van der Waals surface area contributed by atoms with E-state index in [2.05, 4.69) is 0 Å². The van der Waals surface area contributed by atoms with Crippen molar-refractivity contribution in [2.45, 2.75) is 19.1 Å². The van der Waals surface area contributed by atoms with Crippen molar-refractivity contribution in [3.63, 3.8) is 0 Å². The van der Waals surface area contributed by atoms with Gasteiger partial charge in [-0.2, -0.15) is 13.2 Å². The van der Waals surface area contributed by atoms with Crippen LogP contribution < -0.4 is 10.6 Å². The summed E-state index contributed by atoms with van der Waals surface area (Å²) in [6.07, 6.45) is -4.32. The van der Waals surface area contributed by atoms with Crippen LogP contribution in [-0.4, -0.2) is 43.0 Å². The van der Waals surface area contributed by atoms with Crippen LogP contribution in [0.5, 0.6) is 0 Å². The highest BCUT2D eigenvalue weighted by Gasteiger charge is 2.30. The fraction of sp³-hybridized carbons (Fsp3) is 0.500. The second kappa shape index (κ2) is 5.93. The normalized spacial score (nSPS) is 17.8. The summed E-state index contributed by atoms with van der Waals surface area (Å²) < 4.78 is 37.5. The van der Waals surface area contributed by atoms with Gasteiger partial charge >= 0.3 is 6.18 Å². The van der Waals surface area contributed by atoms with Crippen molar-refractivity contribution in [2.24, 2.45) is 5.73 Å². The zero-order valence-corrected chi connectivity index (χ0v) is 11.7. The lowest BCUT2D eigenvalue weighted by Crippen LogP contribution is -2.52. The third-order valence-electron chi connectivity index (χ3n) is 3.54. The summed E-state index contributed by atoms with van der Waals surface area (Å²) in [5, 5.41) is 0. The fourth-order valence-corrected chi connectivity index (χ4v) is 2.33. The van der Waals surface area contributed by atoms with E-state index >= 15 is 0 Å². The van der Waals surface area contributed by atoms with Gasteiger partial charge in [0.2, 0.25) is 5.91 Å². The number of rotatable bonds is 2. The van der Waals surface area contributed by atoms with Gasteiger partial charge in [0, 0.05) is 31.9 Å².